The number of anilines is 2. The van der Waals surface area contributed by atoms with Gasteiger partial charge in [-0.1, -0.05) is 0 Å². The second kappa shape index (κ2) is 5.82. The largest absolute Gasteiger partial charge is 0.381 e. The van der Waals surface area contributed by atoms with E-state index in [4.69, 9.17) is 4.74 Å². The fourth-order valence-electron chi connectivity index (χ4n) is 1.96. The van der Waals surface area contributed by atoms with Crippen LogP contribution in [-0.4, -0.2) is 36.3 Å². The van der Waals surface area contributed by atoms with E-state index in [2.05, 4.69) is 27.5 Å². The highest BCUT2D eigenvalue weighted by atomic mass is 16.5. The zero-order chi connectivity index (χ0) is 12.1. The smallest absolute Gasteiger partial charge is 0.134 e. The van der Waals surface area contributed by atoms with Crippen molar-refractivity contribution in [1.82, 2.24) is 9.97 Å². The zero-order valence-corrected chi connectivity index (χ0v) is 10.5. The molecule has 0 radical (unpaired) electrons. The summed E-state index contributed by atoms with van der Waals surface area (Å²) in [7, 11) is 0. The van der Waals surface area contributed by atoms with Crippen LogP contribution in [0.15, 0.2) is 6.33 Å². The molecule has 5 nitrogen and oxygen atoms in total. The van der Waals surface area contributed by atoms with Crippen LogP contribution >= 0.6 is 0 Å². The predicted molar refractivity (Wildman–Crippen MR) is 68.3 cm³/mol. The van der Waals surface area contributed by atoms with E-state index in [9.17, 15) is 0 Å². The highest BCUT2D eigenvalue weighted by Crippen LogP contribution is 2.19. The minimum atomic E-state index is 0.604. The molecule has 17 heavy (non-hydrogen) atoms. The van der Waals surface area contributed by atoms with Gasteiger partial charge in [-0.25, -0.2) is 9.97 Å². The van der Waals surface area contributed by atoms with Crippen LogP contribution in [0.2, 0.25) is 0 Å². The molecule has 1 aliphatic rings. The summed E-state index contributed by atoms with van der Waals surface area (Å²) in [6.07, 6.45) is 2.73. The number of nitrogens with one attached hydrogen (secondary N) is 2. The summed E-state index contributed by atoms with van der Waals surface area (Å²) in [5.74, 6) is 2.43. The molecule has 0 spiro atoms. The highest BCUT2D eigenvalue weighted by molar-refractivity contribution is 5.56. The van der Waals surface area contributed by atoms with Gasteiger partial charge in [-0.2, -0.15) is 0 Å². The summed E-state index contributed by atoms with van der Waals surface area (Å²) in [5, 5.41) is 6.61. The summed E-state index contributed by atoms with van der Waals surface area (Å²) < 4.78 is 5.35. The van der Waals surface area contributed by atoms with Crippen molar-refractivity contribution in [1.29, 1.82) is 0 Å². The van der Waals surface area contributed by atoms with Crippen LogP contribution in [0.25, 0.3) is 0 Å². The van der Waals surface area contributed by atoms with Gasteiger partial charge in [-0.3, -0.25) is 0 Å². The standard InChI is InChI=1S/C12H20N4O/c1-3-13-11-9(2)12(16-8-15-11)14-6-10-4-5-17-7-10/h8,10H,3-7H2,1-2H3,(H2,13,14,15,16). The maximum Gasteiger partial charge on any atom is 0.134 e. The van der Waals surface area contributed by atoms with E-state index in [1.54, 1.807) is 6.33 Å². The third-order valence-corrected chi connectivity index (χ3v) is 3.01. The number of ether oxygens (including phenoxy) is 1. The Bertz CT molecular complexity index is 364. The molecule has 5 heteroatoms. The van der Waals surface area contributed by atoms with Crippen molar-refractivity contribution in [2.45, 2.75) is 20.3 Å². The average Bonchev–Trinajstić information content (AvgIpc) is 2.83. The minimum absolute atomic E-state index is 0.604. The van der Waals surface area contributed by atoms with Gasteiger partial charge in [0.2, 0.25) is 0 Å². The van der Waals surface area contributed by atoms with Crippen LogP contribution in [0.4, 0.5) is 11.6 Å². The van der Waals surface area contributed by atoms with Crippen LogP contribution < -0.4 is 10.6 Å². The van der Waals surface area contributed by atoms with Crippen LogP contribution in [-0.2, 0) is 4.74 Å². The average molecular weight is 236 g/mol. The molecule has 0 aliphatic carbocycles. The molecule has 1 atom stereocenters. The lowest BCUT2D eigenvalue weighted by Gasteiger charge is -2.14. The van der Waals surface area contributed by atoms with Crippen molar-refractivity contribution in [3.63, 3.8) is 0 Å². The summed E-state index contributed by atoms with van der Waals surface area (Å²) >= 11 is 0. The predicted octanol–water partition coefficient (Wildman–Crippen LogP) is 1.67. The van der Waals surface area contributed by atoms with E-state index in [-0.39, 0.29) is 0 Å². The van der Waals surface area contributed by atoms with Gasteiger partial charge in [0.25, 0.3) is 0 Å². The third-order valence-electron chi connectivity index (χ3n) is 3.01. The van der Waals surface area contributed by atoms with E-state index in [1.165, 1.54) is 0 Å². The molecular formula is C12H20N4O. The number of hydrogen-bond donors (Lipinski definition) is 2. The second-order valence-corrected chi connectivity index (χ2v) is 4.34. The molecule has 2 rings (SSSR count). The maximum atomic E-state index is 5.35. The molecule has 2 heterocycles. The fraction of sp³-hybridized carbons (Fsp3) is 0.667. The molecule has 1 aromatic rings. The van der Waals surface area contributed by atoms with Crippen LogP contribution in [0.1, 0.15) is 18.9 Å². The Labute approximate surface area is 102 Å². The number of aromatic nitrogens is 2. The molecule has 2 N–H and O–H groups in total. The number of nitrogens with zero attached hydrogens (tertiary/aromatic N) is 2. The summed E-state index contributed by atoms with van der Waals surface area (Å²) in [4.78, 5) is 8.50. The van der Waals surface area contributed by atoms with Gasteiger partial charge in [0, 0.05) is 31.2 Å². The summed E-state index contributed by atoms with van der Waals surface area (Å²) in [5.41, 5.74) is 1.08. The van der Waals surface area contributed by atoms with Crippen molar-refractivity contribution in [2.75, 3.05) is 36.9 Å². The molecule has 1 aromatic heterocycles. The second-order valence-electron chi connectivity index (χ2n) is 4.34. The Morgan fingerprint density at radius 1 is 1.35 bits per heavy atom. The van der Waals surface area contributed by atoms with Crippen molar-refractivity contribution in [2.24, 2.45) is 5.92 Å². The van der Waals surface area contributed by atoms with E-state index in [0.29, 0.717) is 5.92 Å². The molecule has 1 fully saturated rings. The normalized spacial score (nSPS) is 19.3. The molecule has 94 valence electrons. The minimum Gasteiger partial charge on any atom is -0.381 e. The third kappa shape index (κ3) is 3.06. The van der Waals surface area contributed by atoms with Crippen molar-refractivity contribution >= 4 is 11.6 Å². The summed E-state index contributed by atoms with van der Waals surface area (Å²) in [6, 6.07) is 0. The van der Waals surface area contributed by atoms with E-state index in [0.717, 1.165) is 49.9 Å². The first-order valence-corrected chi connectivity index (χ1v) is 6.18. The molecule has 1 saturated heterocycles. The van der Waals surface area contributed by atoms with Crippen molar-refractivity contribution in [3.8, 4) is 0 Å². The topological polar surface area (TPSA) is 59.1 Å². The highest BCUT2D eigenvalue weighted by Gasteiger charge is 2.16. The zero-order valence-electron chi connectivity index (χ0n) is 10.5. The SMILES string of the molecule is CCNc1ncnc(NCC2CCOC2)c1C. The van der Waals surface area contributed by atoms with Crippen LogP contribution in [0, 0.1) is 12.8 Å². The van der Waals surface area contributed by atoms with Gasteiger partial charge in [0.05, 0.1) is 6.61 Å². The Morgan fingerprint density at radius 2 is 2.12 bits per heavy atom. The lowest BCUT2D eigenvalue weighted by molar-refractivity contribution is 0.187. The first kappa shape index (κ1) is 12.1. The molecule has 0 aromatic carbocycles. The van der Waals surface area contributed by atoms with Gasteiger partial charge in [0.15, 0.2) is 0 Å². The van der Waals surface area contributed by atoms with Gasteiger partial charge in [-0.15, -0.1) is 0 Å². The Hall–Kier alpha value is -1.36. The van der Waals surface area contributed by atoms with Gasteiger partial charge < -0.3 is 15.4 Å². The number of hydrogen-bond acceptors (Lipinski definition) is 5. The maximum absolute atomic E-state index is 5.35. The lowest BCUT2D eigenvalue weighted by Crippen LogP contribution is -2.16. The van der Waals surface area contributed by atoms with E-state index < -0.39 is 0 Å². The van der Waals surface area contributed by atoms with Crippen molar-refractivity contribution in [3.05, 3.63) is 11.9 Å². The Morgan fingerprint density at radius 3 is 2.76 bits per heavy atom. The molecule has 1 unspecified atom stereocenters. The van der Waals surface area contributed by atoms with Gasteiger partial charge >= 0.3 is 0 Å². The number of rotatable bonds is 5. The van der Waals surface area contributed by atoms with Crippen LogP contribution in [0.3, 0.4) is 0 Å². The lowest BCUT2D eigenvalue weighted by atomic mass is 10.1. The van der Waals surface area contributed by atoms with E-state index in [1.807, 2.05) is 6.92 Å². The molecule has 1 aliphatic heterocycles. The first-order chi connectivity index (χ1) is 8.31. The van der Waals surface area contributed by atoms with Gasteiger partial charge in [0.1, 0.15) is 18.0 Å². The Kier molecular flexibility index (Phi) is 4.14. The monoisotopic (exact) mass is 236 g/mol. The molecule has 0 amide bonds. The quantitative estimate of drug-likeness (QED) is 0.814. The molecule has 0 saturated carbocycles. The van der Waals surface area contributed by atoms with Gasteiger partial charge in [-0.05, 0) is 20.3 Å². The van der Waals surface area contributed by atoms with Crippen molar-refractivity contribution < 1.29 is 4.74 Å². The fourth-order valence-corrected chi connectivity index (χ4v) is 1.96. The molecule has 0 bridgehead atoms. The Balaban J connectivity index is 1.97. The van der Waals surface area contributed by atoms with E-state index >= 15 is 0 Å². The first-order valence-electron chi connectivity index (χ1n) is 6.18. The summed E-state index contributed by atoms with van der Waals surface area (Å²) in [6.45, 7) is 7.63. The van der Waals surface area contributed by atoms with Crippen LogP contribution in [0.5, 0.6) is 0 Å². The molecular weight excluding hydrogens is 216 g/mol.